The number of fused-ring (bicyclic) bond motifs is 1. The summed E-state index contributed by atoms with van der Waals surface area (Å²) in [5, 5.41) is 5.64. The molecular formula is C14H15N3S2. The molecule has 1 aromatic carbocycles. The van der Waals surface area contributed by atoms with Gasteiger partial charge in [0.05, 0.1) is 27.6 Å². The van der Waals surface area contributed by atoms with E-state index in [1.165, 1.54) is 4.88 Å². The first-order valence-corrected chi connectivity index (χ1v) is 7.97. The van der Waals surface area contributed by atoms with Crippen molar-refractivity contribution in [3.8, 4) is 0 Å². The summed E-state index contributed by atoms with van der Waals surface area (Å²) in [5.41, 5.74) is 10.7. The molecule has 0 aliphatic heterocycles. The lowest BCUT2D eigenvalue weighted by Crippen LogP contribution is -2.09. The van der Waals surface area contributed by atoms with E-state index in [2.05, 4.69) is 40.8 Å². The lowest BCUT2D eigenvalue weighted by Gasteiger charge is -2.18. The van der Waals surface area contributed by atoms with E-state index in [-0.39, 0.29) is 0 Å². The van der Waals surface area contributed by atoms with Crippen LogP contribution in [0.5, 0.6) is 0 Å². The van der Waals surface area contributed by atoms with Gasteiger partial charge in [-0.3, -0.25) is 0 Å². The lowest BCUT2D eigenvalue weighted by molar-refractivity contribution is 0.764. The number of thiophene rings is 1. The number of nitrogen functional groups attached to an aromatic ring is 1. The van der Waals surface area contributed by atoms with Crippen molar-refractivity contribution >= 4 is 44.3 Å². The van der Waals surface area contributed by atoms with Crippen LogP contribution in [0, 0.1) is 0 Å². The third-order valence-electron chi connectivity index (χ3n) is 3.17. The van der Waals surface area contributed by atoms with Gasteiger partial charge in [-0.25, -0.2) is 4.98 Å². The standard InChI is InChI=1S/C14H15N3S2/c1-2-9(11-4-3-7-18-11)17-10-5-6-12-14(13(10)15)16-8-19-12/h3-9,17H,2,15H2,1H3. The molecule has 0 bridgehead atoms. The molecule has 1 unspecified atom stereocenters. The van der Waals surface area contributed by atoms with E-state index in [1.54, 1.807) is 22.7 Å². The SMILES string of the molecule is CCC(Nc1ccc2scnc2c1N)c1cccs1. The first kappa shape index (κ1) is 12.4. The van der Waals surface area contributed by atoms with Gasteiger partial charge in [-0.15, -0.1) is 22.7 Å². The number of hydrogen-bond donors (Lipinski definition) is 2. The summed E-state index contributed by atoms with van der Waals surface area (Å²) in [5.74, 6) is 0. The molecule has 2 aromatic heterocycles. The van der Waals surface area contributed by atoms with Crippen molar-refractivity contribution < 1.29 is 0 Å². The number of rotatable bonds is 4. The molecule has 3 rings (SSSR count). The molecule has 19 heavy (non-hydrogen) atoms. The number of hydrogen-bond acceptors (Lipinski definition) is 5. The van der Waals surface area contributed by atoms with E-state index in [0.29, 0.717) is 6.04 Å². The summed E-state index contributed by atoms with van der Waals surface area (Å²) in [6.45, 7) is 2.18. The van der Waals surface area contributed by atoms with Crippen LogP contribution in [0.4, 0.5) is 11.4 Å². The van der Waals surface area contributed by atoms with Crippen LogP contribution in [0.25, 0.3) is 10.2 Å². The van der Waals surface area contributed by atoms with Crippen LogP contribution in [0.2, 0.25) is 0 Å². The third kappa shape index (κ3) is 2.31. The average molecular weight is 289 g/mol. The summed E-state index contributed by atoms with van der Waals surface area (Å²) < 4.78 is 1.13. The second-order valence-electron chi connectivity index (χ2n) is 4.35. The molecule has 98 valence electrons. The Kier molecular flexibility index (Phi) is 3.40. The number of nitrogens with one attached hydrogen (secondary N) is 1. The quantitative estimate of drug-likeness (QED) is 0.695. The molecule has 0 radical (unpaired) electrons. The first-order chi connectivity index (χ1) is 9.29. The molecule has 1 atom stereocenters. The molecule has 3 N–H and O–H groups in total. The average Bonchev–Trinajstić information content (AvgIpc) is 3.09. The maximum Gasteiger partial charge on any atom is 0.106 e. The van der Waals surface area contributed by atoms with Crippen LogP contribution >= 0.6 is 22.7 Å². The molecule has 0 amide bonds. The van der Waals surface area contributed by atoms with Crippen molar-refractivity contribution in [2.75, 3.05) is 11.1 Å². The van der Waals surface area contributed by atoms with Crippen LogP contribution in [0.1, 0.15) is 24.3 Å². The van der Waals surface area contributed by atoms with E-state index in [1.807, 2.05) is 11.6 Å². The van der Waals surface area contributed by atoms with E-state index in [4.69, 9.17) is 5.73 Å². The fraction of sp³-hybridized carbons (Fsp3) is 0.214. The van der Waals surface area contributed by atoms with Crippen LogP contribution in [0.15, 0.2) is 35.2 Å². The van der Waals surface area contributed by atoms with Gasteiger partial charge in [0.1, 0.15) is 5.52 Å². The molecule has 0 fully saturated rings. The monoisotopic (exact) mass is 289 g/mol. The predicted molar refractivity (Wildman–Crippen MR) is 85.0 cm³/mol. The van der Waals surface area contributed by atoms with Gasteiger partial charge in [0.15, 0.2) is 0 Å². The molecule has 0 aliphatic carbocycles. The Labute approximate surface area is 120 Å². The highest BCUT2D eigenvalue weighted by Crippen LogP contribution is 2.33. The molecule has 0 spiro atoms. The zero-order chi connectivity index (χ0) is 13.2. The maximum absolute atomic E-state index is 6.20. The number of anilines is 2. The highest BCUT2D eigenvalue weighted by atomic mass is 32.1. The van der Waals surface area contributed by atoms with E-state index >= 15 is 0 Å². The number of nitrogens with two attached hydrogens (primary N) is 1. The summed E-state index contributed by atoms with van der Waals surface area (Å²) in [4.78, 5) is 5.66. The largest absolute Gasteiger partial charge is 0.395 e. The second kappa shape index (κ2) is 5.19. The smallest absolute Gasteiger partial charge is 0.106 e. The minimum absolute atomic E-state index is 0.304. The highest BCUT2D eigenvalue weighted by molar-refractivity contribution is 7.16. The van der Waals surface area contributed by atoms with Crippen molar-refractivity contribution in [1.82, 2.24) is 4.98 Å². The van der Waals surface area contributed by atoms with E-state index in [9.17, 15) is 0 Å². The topological polar surface area (TPSA) is 50.9 Å². The Morgan fingerprint density at radius 2 is 2.21 bits per heavy atom. The minimum atomic E-state index is 0.304. The van der Waals surface area contributed by atoms with Crippen LogP contribution < -0.4 is 11.1 Å². The third-order valence-corrected chi connectivity index (χ3v) is 4.95. The van der Waals surface area contributed by atoms with Gasteiger partial charge in [-0.2, -0.15) is 0 Å². The summed E-state index contributed by atoms with van der Waals surface area (Å²) >= 11 is 3.38. The fourth-order valence-corrected chi connectivity index (χ4v) is 3.68. The Balaban J connectivity index is 1.94. The Hall–Kier alpha value is -1.59. The zero-order valence-corrected chi connectivity index (χ0v) is 12.2. The van der Waals surface area contributed by atoms with Crippen LogP contribution in [0.3, 0.4) is 0 Å². The highest BCUT2D eigenvalue weighted by Gasteiger charge is 2.13. The van der Waals surface area contributed by atoms with Crippen LogP contribution in [-0.2, 0) is 0 Å². The fourth-order valence-electron chi connectivity index (χ4n) is 2.13. The molecular weight excluding hydrogens is 274 g/mol. The molecule has 0 aliphatic rings. The van der Waals surface area contributed by atoms with Crippen molar-refractivity contribution in [3.63, 3.8) is 0 Å². The van der Waals surface area contributed by atoms with Gasteiger partial charge < -0.3 is 11.1 Å². The lowest BCUT2D eigenvalue weighted by atomic mass is 10.1. The Morgan fingerprint density at radius 1 is 1.32 bits per heavy atom. The van der Waals surface area contributed by atoms with Gasteiger partial charge >= 0.3 is 0 Å². The van der Waals surface area contributed by atoms with Crippen molar-refractivity contribution in [2.45, 2.75) is 19.4 Å². The van der Waals surface area contributed by atoms with Gasteiger partial charge in [0.2, 0.25) is 0 Å². The molecule has 2 heterocycles. The van der Waals surface area contributed by atoms with Crippen molar-refractivity contribution in [1.29, 1.82) is 0 Å². The van der Waals surface area contributed by atoms with Gasteiger partial charge in [-0.05, 0) is 30.0 Å². The Bertz CT molecular complexity index is 673. The van der Waals surface area contributed by atoms with Gasteiger partial charge in [0, 0.05) is 4.88 Å². The van der Waals surface area contributed by atoms with E-state index < -0.39 is 0 Å². The first-order valence-electron chi connectivity index (χ1n) is 6.21. The summed E-state index contributed by atoms with van der Waals surface area (Å²) in [6, 6.07) is 8.66. The molecule has 5 heteroatoms. The van der Waals surface area contributed by atoms with E-state index in [0.717, 1.165) is 28.0 Å². The summed E-state index contributed by atoms with van der Waals surface area (Å²) in [6.07, 6.45) is 1.02. The predicted octanol–water partition coefficient (Wildman–Crippen LogP) is 4.50. The molecule has 0 saturated carbocycles. The van der Waals surface area contributed by atoms with Gasteiger partial charge in [-0.1, -0.05) is 13.0 Å². The van der Waals surface area contributed by atoms with Crippen molar-refractivity contribution in [3.05, 3.63) is 40.0 Å². The number of nitrogens with zero attached hydrogens (tertiary/aromatic N) is 1. The second-order valence-corrected chi connectivity index (χ2v) is 6.21. The van der Waals surface area contributed by atoms with Crippen molar-refractivity contribution in [2.24, 2.45) is 0 Å². The zero-order valence-electron chi connectivity index (χ0n) is 10.6. The Morgan fingerprint density at radius 3 is 2.95 bits per heavy atom. The normalized spacial score (nSPS) is 12.7. The minimum Gasteiger partial charge on any atom is -0.395 e. The molecule has 3 aromatic rings. The maximum atomic E-state index is 6.20. The number of thiazole rings is 1. The van der Waals surface area contributed by atoms with Gasteiger partial charge in [0.25, 0.3) is 0 Å². The summed E-state index contributed by atoms with van der Waals surface area (Å²) in [7, 11) is 0. The van der Waals surface area contributed by atoms with Crippen LogP contribution in [-0.4, -0.2) is 4.98 Å². The molecule has 0 saturated heterocycles. The molecule has 3 nitrogen and oxygen atoms in total. The number of aromatic nitrogens is 1. The number of benzene rings is 1.